The topological polar surface area (TPSA) is 92.8 Å². The summed E-state index contributed by atoms with van der Waals surface area (Å²) < 4.78 is 31.7. The minimum atomic E-state index is -3.49. The highest BCUT2D eigenvalue weighted by molar-refractivity contribution is 7.89. The van der Waals surface area contributed by atoms with Gasteiger partial charge in [0.2, 0.25) is 15.9 Å². The number of carbonyl (C=O) groups is 2. The molecule has 9 heteroatoms. The molecule has 2 aromatic rings. The Morgan fingerprint density at radius 2 is 1.83 bits per heavy atom. The number of nitrogens with zero attached hydrogens (tertiary/aromatic N) is 1. The van der Waals surface area contributed by atoms with Crippen molar-refractivity contribution in [2.75, 3.05) is 20.2 Å². The van der Waals surface area contributed by atoms with Gasteiger partial charge in [-0.1, -0.05) is 24.6 Å². The molecule has 0 spiro atoms. The predicted molar refractivity (Wildman–Crippen MR) is 115 cm³/mol. The van der Waals surface area contributed by atoms with Gasteiger partial charge >= 0.3 is 5.97 Å². The number of rotatable bonds is 8. The molecule has 1 aromatic carbocycles. The molecular weight excluding hydrogens is 424 g/mol. The Balaban J connectivity index is 1.64. The highest BCUT2D eigenvalue weighted by atomic mass is 32.2. The van der Waals surface area contributed by atoms with Crippen LogP contribution in [0.3, 0.4) is 0 Å². The third kappa shape index (κ3) is 5.68. The van der Waals surface area contributed by atoms with Crippen LogP contribution in [0, 0.1) is 0 Å². The number of sulfonamides is 1. The monoisotopic (exact) mass is 450 g/mol. The van der Waals surface area contributed by atoms with Crippen molar-refractivity contribution < 1.29 is 22.7 Å². The molecule has 7 nitrogen and oxygen atoms in total. The van der Waals surface area contributed by atoms with E-state index in [-0.39, 0.29) is 23.6 Å². The van der Waals surface area contributed by atoms with Gasteiger partial charge in [-0.15, -0.1) is 11.3 Å². The molecule has 0 bridgehead atoms. The van der Waals surface area contributed by atoms with Gasteiger partial charge in [0, 0.05) is 18.0 Å². The number of methoxy groups -OCH3 is 1. The normalized spacial score (nSPS) is 16.0. The molecule has 1 amide bonds. The fraction of sp³-hybridized carbons (Fsp3) is 0.429. The molecule has 0 saturated carbocycles. The lowest BCUT2D eigenvalue weighted by atomic mass is 10.1. The summed E-state index contributed by atoms with van der Waals surface area (Å²) in [6, 6.07) is 9.70. The van der Waals surface area contributed by atoms with Crippen LogP contribution in [0.25, 0.3) is 0 Å². The zero-order valence-corrected chi connectivity index (χ0v) is 18.5. The van der Waals surface area contributed by atoms with Crippen molar-refractivity contribution in [2.24, 2.45) is 0 Å². The maximum atomic E-state index is 12.7. The first kappa shape index (κ1) is 22.5. The van der Waals surface area contributed by atoms with Crippen molar-refractivity contribution in [3.8, 4) is 0 Å². The van der Waals surface area contributed by atoms with Crippen LogP contribution in [0.4, 0.5) is 0 Å². The fourth-order valence-electron chi connectivity index (χ4n) is 3.43. The van der Waals surface area contributed by atoms with Crippen molar-refractivity contribution in [1.29, 1.82) is 0 Å². The third-order valence-electron chi connectivity index (χ3n) is 5.06. The zero-order chi connectivity index (χ0) is 21.6. The van der Waals surface area contributed by atoms with Gasteiger partial charge in [-0.05, 0) is 42.0 Å². The first-order valence-electron chi connectivity index (χ1n) is 9.89. The number of piperidine rings is 1. The Morgan fingerprint density at radius 1 is 1.13 bits per heavy atom. The molecule has 1 atom stereocenters. The Kier molecular flexibility index (Phi) is 7.63. The molecule has 1 aliphatic heterocycles. The minimum absolute atomic E-state index is 0.0514. The smallest absolute Gasteiger partial charge is 0.307 e. The van der Waals surface area contributed by atoms with Crippen LogP contribution in [-0.2, 0) is 30.8 Å². The van der Waals surface area contributed by atoms with Gasteiger partial charge < -0.3 is 10.1 Å². The minimum Gasteiger partial charge on any atom is -0.469 e. The van der Waals surface area contributed by atoms with Gasteiger partial charge in [-0.3, -0.25) is 9.59 Å². The fourth-order valence-corrected chi connectivity index (χ4v) is 5.72. The summed E-state index contributed by atoms with van der Waals surface area (Å²) >= 11 is 1.46. The second-order valence-corrected chi connectivity index (χ2v) is 10.1. The van der Waals surface area contributed by atoms with E-state index in [1.807, 2.05) is 17.5 Å². The van der Waals surface area contributed by atoms with E-state index in [1.165, 1.54) is 22.8 Å². The number of thiophene rings is 1. The van der Waals surface area contributed by atoms with E-state index in [0.717, 1.165) is 24.1 Å². The number of hydrogen-bond donors (Lipinski definition) is 1. The lowest BCUT2D eigenvalue weighted by molar-refractivity contribution is -0.141. The number of nitrogens with one attached hydrogen (secondary N) is 1. The van der Waals surface area contributed by atoms with Gasteiger partial charge in [0.05, 0.1) is 30.9 Å². The summed E-state index contributed by atoms with van der Waals surface area (Å²) in [4.78, 5) is 25.3. The highest BCUT2D eigenvalue weighted by Gasteiger charge is 2.26. The number of amides is 1. The average molecular weight is 451 g/mol. The van der Waals surface area contributed by atoms with Gasteiger partial charge in [-0.25, -0.2) is 8.42 Å². The Hall–Kier alpha value is -2.23. The first-order valence-corrected chi connectivity index (χ1v) is 12.2. The van der Waals surface area contributed by atoms with Gasteiger partial charge in [0.25, 0.3) is 0 Å². The maximum absolute atomic E-state index is 12.7. The molecule has 0 aliphatic carbocycles. The van der Waals surface area contributed by atoms with Crippen LogP contribution in [0.15, 0.2) is 46.7 Å². The lowest BCUT2D eigenvalue weighted by Gasteiger charge is -2.25. The molecule has 3 rings (SSSR count). The highest BCUT2D eigenvalue weighted by Crippen LogP contribution is 2.23. The second-order valence-electron chi connectivity index (χ2n) is 7.20. The predicted octanol–water partition coefficient (Wildman–Crippen LogP) is 2.89. The molecule has 0 radical (unpaired) electrons. The molecule has 1 fully saturated rings. The summed E-state index contributed by atoms with van der Waals surface area (Å²) in [5.74, 6) is -0.648. The zero-order valence-electron chi connectivity index (χ0n) is 16.9. The SMILES string of the molecule is COC(=O)CC(NC(=O)Cc1ccc(S(=O)(=O)N2CCCCC2)cc1)c1cccs1. The van der Waals surface area contributed by atoms with E-state index < -0.39 is 22.0 Å². The van der Waals surface area contributed by atoms with E-state index in [4.69, 9.17) is 4.74 Å². The molecular formula is C21H26N2O5S2. The summed E-state index contributed by atoms with van der Waals surface area (Å²) in [6.45, 7) is 1.10. The van der Waals surface area contributed by atoms with Crippen molar-refractivity contribution in [2.45, 2.75) is 43.0 Å². The lowest BCUT2D eigenvalue weighted by Crippen LogP contribution is -2.35. The number of ether oxygens (including phenoxy) is 1. The van der Waals surface area contributed by atoms with Gasteiger partial charge in [0.1, 0.15) is 0 Å². The first-order chi connectivity index (χ1) is 14.4. The van der Waals surface area contributed by atoms with Crippen LogP contribution in [0.2, 0.25) is 0 Å². The van der Waals surface area contributed by atoms with Crippen molar-refractivity contribution in [3.63, 3.8) is 0 Å². The van der Waals surface area contributed by atoms with Crippen molar-refractivity contribution in [3.05, 3.63) is 52.2 Å². The summed E-state index contributed by atoms with van der Waals surface area (Å²) in [5.41, 5.74) is 0.702. The summed E-state index contributed by atoms with van der Waals surface area (Å²) in [6.07, 6.45) is 2.97. The molecule has 1 saturated heterocycles. The molecule has 30 heavy (non-hydrogen) atoms. The molecule has 1 N–H and O–H groups in total. The van der Waals surface area contributed by atoms with Crippen LogP contribution >= 0.6 is 11.3 Å². The Bertz CT molecular complexity index is 950. The van der Waals surface area contributed by atoms with Crippen molar-refractivity contribution in [1.82, 2.24) is 9.62 Å². The maximum Gasteiger partial charge on any atom is 0.307 e. The van der Waals surface area contributed by atoms with E-state index in [1.54, 1.807) is 24.3 Å². The third-order valence-corrected chi connectivity index (χ3v) is 7.96. The Morgan fingerprint density at radius 3 is 2.43 bits per heavy atom. The quantitative estimate of drug-likeness (QED) is 0.625. The molecule has 1 aliphatic rings. The van der Waals surface area contributed by atoms with E-state index in [0.29, 0.717) is 18.7 Å². The van der Waals surface area contributed by atoms with E-state index in [2.05, 4.69) is 5.32 Å². The van der Waals surface area contributed by atoms with Crippen LogP contribution in [-0.4, -0.2) is 44.8 Å². The van der Waals surface area contributed by atoms with E-state index in [9.17, 15) is 18.0 Å². The summed E-state index contributed by atoms with van der Waals surface area (Å²) in [7, 11) is -2.17. The average Bonchev–Trinajstić information content (AvgIpc) is 3.29. The van der Waals surface area contributed by atoms with Crippen LogP contribution < -0.4 is 5.32 Å². The number of carbonyl (C=O) groups excluding carboxylic acids is 2. The molecule has 2 heterocycles. The molecule has 1 aromatic heterocycles. The summed E-state index contributed by atoms with van der Waals surface area (Å²) in [5, 5.41) is 4.76. The van der Waals surface area contributed by atoms with Crippen LogP contribution in [0.5, 0.6) is 0 Å². The molecule has 162 valence electrons. The number of esters is 1. The molecule has 1 unspecified atom stereocenters. The number of hydrogen-bond acceptors (Lipinski definition) is 6. The van der Waals surface area contributed by atoms with Gasteiger partial charge in [-0.2, -0.15) is 4.31 Å². The van der Waals surface area contributed by atoms with Crippen molar-refractivity contribution >= 4 is 33.2 Å². The van der Waals surface area contributed by atoms with E-state index >= 15 is 0 Å². The number of benzene rings is 1. The Labute approximate surface area is 181 Å². The second kappa shape index (κ2) is 10.2. The van der Waals surface area contributed by atoms with Gasteiger partial charge in [0.15, 0.2) is 0 Å². The standard InChI is InChI=1S/C21H26N2O5S2/c1-28-21(25)15-18(19-6-5-13-29-19)22-20(24)14-16-7-9-17(10-8-16)30(26,27)23-11-3-2-4-12-23/h5-10,13,18H,2-4,11-12,14-15H2,1H3,(H,22,24). The van der Waals surface area contributed by atoms with Crippen LogP contribution in [0.1, 0.15) is 42.2 Å². The largest absolute Gasteiger partial charge is 0.469 e.